The number of amides is 1. The van der Waals surface area contributed by atoms with Crippen LogP contribution in [0.3, 0.4) is 0 Å². The Morgan fingerprint density at radius 1 is 1.20 bits per heavy atom. The number of benzene rings is 1. The van der Waals surface area contributed by atoms with Crippen LogP contribution in [0, 0.1) is 0 Å². The van der Waals surface area contributed by atoms with Crippen LogP contribution in [0.5, 0.6) is 11.5 Å². The van der Waals surface area contributed by atoms with Crippen molar-refractivity contribution in [1.29, 1.82) is 0 Å². The summed E-state index contributed by atoms with van der Waals surface area (Å²) >= 11 is 0. The number of rotatable bonds is 3. The third-order valence-corrected chi connectivity index (χ3v) is 4.13. The molecule has 108 valence electrons. The van der Waals surface area contributed by atoms with E-state index in [4.69, 9.17) is 9.47 Å². The van der Waals surface area contributed by atoms with Gasteiger partial charge in [-0.25, -0.2) is 0 Å². The molecule has 1 saturated carbocycles. The van der Waals surface area contributed by atoms with Crippen molar-refractivity contribution >= 4 is 5.91 Å². The van der Waals surface area contributed by atoms with Crippen molar-refractivity contribution in [3.8, 4) is 11.5 Å². The minimum absolute atomic E-state index is 0.0106. The Labute approximate surface area is 117 Å². The number of aliphatic hydroxyl groups excluding tert-OH is 1. The van der Waals surface area contributed by atoms with Gasteiger partial charge in [0.25, 0.3) is 5.91 Å². The highest BCUT2D eigenvalue weighted by Crippen LogP contribution is 2.33. The van der Waals surface area contributed by atoms with E-state index in [1.165, 1.54) is 6.42 Å². The van der Waals surface area contributed by atoms with E-state index in [0.717, 1.165) is 25.7 Å². The van der Waals surface area contributed by atoms with Gasteiger partial charge in [0.1, 0.15) is 0 Å². The van der Waals surface area contributed by atoms with Gasteiger partial charge in [-0.3, -0.25) is 4.79 Å². The molecule has 0 atom stereocenters. The maximum atomic E-state index is 12.4. The molecule has 1 aromatic carbocycles. The van der Waals surface area contributed by atoms with Crippen LogP contribution in [0.2, 0.25) is 0 Å². The Balaban J connectivity index is 1.75. The molecule has 2 aliphatic rings. The monoisotopic (exact) mass is 277 g/mol. The van der Waals surface area contributed by atoms with Crippen LogP contribution < -0.4 is 14.8 Å². The molecule has 1 aliphatic heterocycles. The van der Waals surface area contributed by atoms with Gasteiger partial charge >= 0.3 is 0 Å². The Morgan fingerprint density at radius 3 is 2.70 bits per heavy atom. The molecule has 20 heavy (non-hydrogen) atoms. The van der Waals surface area contributed by atoms with Crippen molar-refractivity contribution < 1.29 is 19.4 Å². The first-order valence-corrected chi connectivity index (χ1v) is 7.05. The highest BCUT2D eigenvalue weighted by molar-refractivity contribution is 5.95. The lowest BCUT2D eigenvalue weighted by molar-refractivity contribution is 0.0758. The molecule has 1 aliphatic carbocycles. The lowest BCUT2D eigenvalue weighted by Gasteiger charge is -2.36. The van der Waals surface area contributed by atoms with E-state index >= 15 is 0 Å². The molecule has 5 nitrogen and oxygen atoms in total. The number of hydrogen-bond donors (Lipinski definition) is 2. The molecule has 0 saturated heterocycles. The van der Waals surface area contributed by atoms with Gasteiger partial charge in [0.2, 0.25) is 6.79 Å². The predicted octanol–water partition coefficient (Wildman–Crippen LogP) is 1.84. The number of hydrogen-bond acceptors (Lipinski definition) is 4. The van der Waals surface area contributed by atoms with E-state index in [2.05, 4.69) is 5.32 Å². The van der Waals surface area contributed by atoms with Gasteiger partial charge < -0.3 is 19.9 Å². The van der Waals surface area contributed by atoms with Gasteiger partial charge in [0, 0.05) is 5.56 Å². The fourth-order valence-electron chi connectivity index (χ4n) is 2.90. The molecule has 5 heteroatoms. The van der Waals surface area contributed by atoms with Gasteiger partial charge in [-0.2, -0.15) is 0 Å². The summed E-state index contributed by atoms with van der Waals surface area (Å²) in [6.45, 7) is 0.185. The fourth-order valence-corrected chi connectivity index (χ4v) is 2.90. The van der Waals surface area contributed by atoms with Gasteiger partial charge in [0.15, 0.2) is 11.5 Å². The molecule has 3 rings (SSSR count). The first-order chi connectivity index (χ1) is 9.72. The van der Waals surface area contributed by atoms with E-state index in [1.54, 1.807) is 18.2 Å². The van der Waals surface area contributed by atoms with E-state index in [0.29, 0.717) is 17.1 Å². The third kappa shape index (κ3) is 2.45. The van der Waals surface area contributed by atoms with Crippen molar-refractivity contribution in [1.82, 2.24) is 5.32 Å². The minimum Gasteiger partial charge on any atom is -0.454 e. The zero-order chi connectivity index (χ0) is 14.0. The van der Waals surface area contributed by atoms with E-state index in [9.17, 15) is 9.90 Å². The number of carbonyl (C=O) groups excluding carboxylic acids is 1. The molecular weight excluding hydrogens is 258 g/mol. The Morgan fingerprint density at radius 2 is 1.95 bits per heavy atom. The zero-order valence-corrected chi connectivity index (χ0v) is 11.4. The summed E-state index contributed by atoms with van der Waals surface area (Å²) < 4.78 is 10.5. The molecular formula is C15H19NO4. The summed E-state index contributed by atoms with van der Waals surface area (Å²) in [7, 11) is 0. The van der Waals surface area contributed by atoms with E-state index in [1.807, 2.05) is 0 Å². The van der Waals surface area contributed by atoms with Crippen molar-refractivity contribution in [2.24, 2.45) is 0 Å². The normalized spacial score (nSPS) is 19.6. The number of nitrogens with one attached hydrogen (secondary N) is 1. The molecule has 0 bridgehead atoms. The minimum atomic E-state index is -0.467. The van der Waals surface area contributed by atoms with Crippen molar-refractivity contribution in [3.63, 3.8) is 0 Å². The lowest BCUT2D eigenvalue weighted by atomic mass is 9.82. The quantitative estimate of drug-likeness (QED) is 0.884. The average molecular weight is 277 g/mol. The van der Waals surface area contributed by atoms with Crippen LogP contribution in [0.4, 0.5) is 0 Å². The molecule has 1 aromatic rings. The van der Waals surface area contributed by atoms with E-state index in [-0.39, 0.29) is 19.3 Å². The summed E-state index contributed by atoms with van der Waals surface area (Å²) in [4.78, 5) is 12.4. The predicted molar refractivity (Wildman–Crippen MR) is 72.9 cm³/mol. The number of ether oxygens (including phenoxy) is 2. The maximum absolute atomic E-state index is 12.4. The molecule has 1 fully saturated rings. The molecule has 1 heterocycles. The average Bonchev–Trinajstić information content (AvgIpc) is 2.95. The highest BCUT2D eigenvalue weighted by atomic mass is 16.7. The SMILES string of the molecule is O=C(NC1(CO)CCCCC1)c1ccc2c(c1)OCO2. The largest absolute Gasteiger partial charge is 0.454 e. The van der Waals surface area contributed by atoms with Crippen LogP contribution in [0.1, 0.15) is 42.5 Å². The van der Waals surface area contributed by atoms with Crippen molar-refractivity contribution in [3.05, 3.63) is 23.8 Å². The smallest absolute Gasteiger partial charge is 0.251 e. The number of aliphatic hydroxyl groups is 1. The second-order valence-corrected chi connectivity index (χ2v) is 5.52. The van der Waals surface area contributed by atoms with Gasteiger partial charge in [0.05, 0.1) is 12.1 Å². The molecule has 0 unspecified atom stereocenters. The summed E-state index contributed by atoms with van der Waals surface area (Å²) in [5.41, 5.74) is 0.0683. The Hall–Kier alpha value is -1.75. The molecule has 0 spiro atoms. The molecule has 2 N–H and O–H groups in total. The molecule has 1 amide bonds. The van der Waals surface area contributed by atoms with Crippen molar-refractivity contribution in [2.45, 2.75) is 37.6 Å². The zero-order valence-electron chi connectivity index (χ0n) is 11.4. The second-order valence-electron chi connectivity index (χ2n) is 5.52. The summed E-state index contributed by atoms with van der Waals surface area (Å²) in [6.07, 6.45) is 4.92. The standard InChI is InChI=1S/C15H19NO4/c17-9-15(6-2-1-3-7-15)16-14(18)11-4-5-12-13(8-11)20-10-19-12/h4-5,8,17H,1-3,6-7,9-10H2,(H,16,18). The first kappa shape index (κ1) is 13.2. The van der Waals surface area contributed by atoms with Gasteiger partial charge in [-0.05, 0) is 31.0 Å². The van der Waals surface area contributed by atoms with Crippen LogP contribution >= 0.6 is 0 Å². The second kappa shape index (κ2) is 5.32. The fraction of sp³-hybridized carbons (Fsp3) is 0.533. The summed E-state index contributed by atoms with van der Waals surface area (Å²) in [5.74, 6) is 1.09. The van der Waals surface area contributed by atoms with Gasteiger partial charge in [-0.15, -0.1) is 0 Å². The number of carbonyl (C=O) groups is 1. The highest BCUT2D eigenvalue weighted by Gasteiger charge is 2.33. The first-order valence-electron chi connectivity index (χ1n) is 7.05. The van der Waals surface area contributed by atoms with Crippen LogP contribution in [0.15, 0.2) is 18.2 Å². The maximum Gasteiger partial charge on any atom is 0.251 e. The Bertz CT molecular complexity index is 509. The topological polar surface area (TPSA) is 67.8 Å². The molecule has 0 radical (unpaired) electrons. The third-order valence-electron chi connectivity index (χ3n) is 4.13. The van der Waals surface area contributed by atoms with Crippen LogP contribution in [-0.4, -0.2) is 30.0 Å². The molecule has 0 aromatic heterocycles. The van der Waals surface area contributed by atoms with Crippen LogP contribution in [0.25, 0.3) is 0 Å². The summed E-state index contributed by atoms with van der Waals surface area (Å²) in [6, 6.07) is 5.14. The van der Waals surface area contributed by atoms with Crippen LogP contribution in [-0.2, 0) is 0 Å². The Kier molecular flexibility index (Phi) is 3.53. The lowest BCUT2D eigenvalue weighted by Crippen LogP contribution is -2.52. The van der Waals surface area contributed by atoms with Gasteiger partial charge in [-0.1, -0.05) is 19.3 Å². The van der Waals surface area contributed by atoms with E-state index < -0.39 is 5.54 Å². The van der Waals surface area contributed by atoms with Crippen molar-refractivity contribution in [2.75, 3.05) is 13.4 Å². The number of fused-ring (bicyclic) bond motifs is 1. The summed E-state index contributed by atoms with van der Waals surface area (Å²) in [5, 5.41) is 12.6.